The molecule has 2 nitrogen and oxygen atoms in total. The summed E-state index contributed by atoms with van der Waals surface area (Å²) in [5.41, 5.74) is 0.0823. The van der Waals surface area contributed by atoms with Crippen molar-refractivity contribution in [2.24, 2.45) is 0 Å². The van der Waals surface area contributed by atoms with Gasteiger partial charge in [0.2, 0.25) is 5.92 Å². The van der Waals surface area contributed by atoms with Gasteiger partial charge in [-0.2, -0.15) is 0 Å². The molecule has 0 radical (unpaired) electrons. The minimum Gasteiger partial charge on any atom is -0.349 e. The lowest BCUT2D eigenvalue weighted by atomic mass is 9.91. The second kappa shape index (κ2) is 11.0. The highest BCUT2D eigenvalue weighted by Crippen LogP contribution is 2.41. The van der Waals surface area contributed by atoms with Gasteiger partial charge in [0.15, 0.2) is 0 Å². The van der Waals surface area contributed by atoms with E-state index in [4.69, 9.17) is 34.8 Å². The fourth-order valence-corrected chi connectivity index (χ4v) is 5.00. The molecule has 1 saturated carbocycles. The minimum atomic E-state index is -3.37. The van der Waals surface area contributed by atoms with Crippen LogP contribution in [0, 0.1) is 0 Å². The topological polar surface area (TPSA) is 29.1 Å². The number of carbonyl (C=O) groups excluding carboxylic acids is 1. The first-order valence-corrected chi connectivity index (χ1v) is 12.5. The van der Waals surface area contributed by atoms with Crippen molar-refractivity contribution in [1.29, 1.82) is 0 Å². The summed E-state index contributed by atoms with van der Waals surface area (Å²) in [6.45, 7) is 0.641. The summed E-state index contributed by atoms with van der Waals surface area (Å²) in [7, 11) is 0. The van der Waals surface area contributed by atoms with Gasteiger partial charge in [-0.3, -0.25) is 4.79 Å². The molecule has 1 aliphatic rings. The lowest BCUT2D eigenvalue weighted by Gasteiger charge is -2.28. The molecular weight excluding hydrogens is 600 g/mol. The van der Waals surface area contributed by atoms with Crippen LogP contribution in [0.3, 0.4) is 0 Å². The summed E-state index contributed by atoms with van der Waals surface area (Å²) in [5, 5.41) is 2.62. The van der Waals surface area contributed by atoms with E-state index in [1.165, 1.54) is 30.3 Å². The normalized spacial score (nSPS) is 17.8. The quantitative estimate of drug-likeness (QED) is 0.253. The molecule has 0 aliphatic heterocycles. The molecule has 1 aliphatic carbocycles. The molecule has 0 aromatic heterocycles. The summed E-state index contributed by atoms with van der Waals surface area (Å²) in [6, 6.07) is 5.89. The lowest BCUT2D eigenvalue weighted by Crippen LogP contribution is -2.40. The molecule has 0 heterocycles. The smallest absolute Gasteiger partial charge is 0.255 e. The second-order valence-electron chi connectivity index (χ2n) is 8.55. The highest BCUT2D eigenvalue weighted by molar-refractivity contribution is 9.10. The Morgan fingerprint density at radius 1 is 1.14 bits per heavy atom. The number of rotatable bonds is 6. The Kier molecular flexibility index (Phi) is 8.83. The first kappa shape index (κ1) is 28.2. The predicted molar refractivity (Wildman–Crippen MR) is 133 cm³/mol. The van der Waals surface area contributed by atoms with Crippen molar-refractivity contribution in [2.45, 2.75) is 56.4 Å². The van der Waals surface area contributed by atoms with Gasteiger partial charge in [0, 0.05) is 35.8 Å². The number of carbonyl (C=O) groups is 1. The van der Waals surface area contributed by atoms with Crippen molar-refractivity contribution in [2.75, 3.05) is 0 Å². The Morgan fingerprint density at radius 2 is 1.71 bits per heavy atom. The van der Waals surface area contributed by atoms with Crippen LogP contribution in [0.5, 0.6) is 0 Å². The van der Waals surface area contributed by atoms with E-state index in [9.17, 15) is 22.4 Å². The van der Waals surface area contributed by atoms with Gasteiger partial charge in [0.1, 0.15) is 5.83 Å². The van der Waals surface area contributed by atoms with E-state index in [0.29, 0.717) is 6.92 Å². The highest BCUT2D eigenvalue weighted by Gasteiger charge is 2.36. The maximum atomic E-state index is 15.1. The van der Waals surface area contributed by atoms with Crippen molar-refractivity contribution in [3.63, 3.8) is 0 Å². The van der Waals surface area contributed by atoms with Crippen LogP contribution in [-0.2, 0) is 0 Å². The van der Waals surface area contributed by atoms with E-state index in [0.717, 1.165) is 6.08 Å². The van der Waals surface area contributed by atoms with Gasteiger partial charge < -0.3 is 5.32 Å². The molecule has 190 valence electrons. The highest BCUT2D eigenvalue weighted by atomic mass is 79.9. The van der Waals surface area contributed by atoms with Crippen LogP contribution in [0.4, 0.5) is 22.0 Å². The van der Waals surface area contributed by atoms with Crippen molar-refractivity contribution in [3.05, 3.63) is 72.6 Å². The second-order valence-corrected chi connectivity index (χ2v) is 10.6. The summed E-state index contributed by atoms with van der Waals surface area (Å²) in [5.74, 6) is -9.26. The Balaban J connectivity index is 1.83. The largest absolute Gasteiger partial charge is 0.349 e. The number of hydrogen-bond acceptors (Lipinski definition) is 1. The van der Waals surface area contributed by atoms with Crippen molar-refractivity contribution in [3.8, 4) is 0 Å². The molecular formula is C24H20BrCl3F5NO. The molecule has 2 aromatic carbocycles. The number of allylic oxidation sites excluding steroid dienone is 1. The van der Waals surface area contributed by atoms with Crippen molar-refractivity contribution >= 4 is 62.5 Å². The average Bonchev–Trinajstić information content (AvgIpc) is 2.75. The molecule has 0 bridgehead atoms. The average molecular weight is 620 g/mol. The SMILES string of the molecule is CC(F)(F)C(/C=C(\F)c1ccc(C(=O)NC2CCC(F)(F)CC2)c(Br)c1)c1cc(Cl)c(Cl)c(Cl)c1. The Hall–Kier alpha value is -1.35. The first-order valence-electron chi connectivity index (χ1n) is 10.6. The zero-order chi connectivity index (χ0) is 26.1. The Morgan fingerprint density at radius 3 is 2.23 bits per heavy atom. The van der Waals surface area contributed by atoms with E-state index in [-0.39, 0.29) is 61.9 Å². The van der Waals surface area contributed by atoms with Crippen LogP contribution in [0.15, 0.2) is 40.9 Å². The maximum absolute atomic E-state index is 15.1. The monoisotopic (exact) mass is 617 g/mol. The first-order chi connectivity index (χ1) is 16.2. The van der Waals surface area contributed by atoms with Gasteiger partial charge in [-0.25, -0.2) is 22.0 Å². The van der Waals surface area contributed by atoms with Crippen LogP contribution >= 0.6 is 50.7 Å². The van der Waals surface area contributed by atoms with Gasteiger partial charge >= 0.3 is 0 Å². The zero-order valence-corrected chi connectivity index (χ0v) is 22.1. The van der Waals surface area contributed by atoms with Crippen LogP contribution in [-0.4, -0.2) is 23.8 Å². The molecule has 0 saturated heterocycles. The van der Waals surface area contributed by atoms with Gasteiger partial charge in [-0.1, -0.05) is 40.9 Å². The van der Waals surface area contributed by atoms with E-state index in [2.05, 4.69) is 21.2 Å². The van der Waals surface area contributed by atoms with Gasteiger partial charge in [0.05, 0.1) is 26.5 Å². The third-order valence-electron chi connectivity index (χ3n) is 5.77. The van der Waals surface area contributed by atoms with Crippen LogP contribution < -0.4 is 5.32 Å². The maximum Gasteiger partial charge on any atom is 0.255 e. The van der Waals surface area contributed by atoms with Crippen LogP contribution in [0.2, 0.25) is 15.1 Å². The van der Waals surface area contributed by atoms with Crippen molar-refractivity contribution in [1.82, 2.24) is 5.32 Å². The zero-order valence-electron chi connectivity index (χ0n) is 18.3. The number of alkyl halides is 4. The fraction of sp³-hybridized carbons (Fsp3) is 0.375. The molecule has 1 atom stereocenters. The molecule has 1 unspecified atom stereocenters. The van der Waals surface area contributed by atoms with Gasteiger partial charge in [0.25, 0.3) is 11.8 Å². The Bertz CT molecular complexity index is 1120. The van der Waals surface area contributed by atoms with Crippen LogP contribution in [0.25, 0.3) is 5.83 Å². The molecule has 1 N–H and O–H groups in total. The summed E-state index contributed by atoms with van der Waals surface area (Å²) in [4.78, 5) is 12.6. The van der Waals surface area contributed by atoms with E-state index >= 15 is 4.39 Å². The summed E-state index contributed by atoms with van der Waals surface area (Å²) < 4.78 is 70.7. The molecule has 2 aromatic rings. The molecule has 11 heteroatoms. The Labute approximate surface area is 222 Å². The van der Waals surface area contributed by atoms with Gasteiger partial charge in [-0.05, 0) is 64.7 Å². The number of halogens is 9. The molecule has 3 rings (SSSR count). The van der Waals surface area contributed by atoms with E-state index in [1.54, 1.807) is 0 Å². The number of amides is 1. The third-order valence-corrected chi connectivity index (χ3v) is 7.62. The number of benzene rings is 2. The van der Waals surface area contributed by atoms with Crippen LogP contribution in [0.1, 0.15) is 60.0 Å². The minimum absolute atomic E-state index is 0.000519. The lowest BCUT2D eigenvalue weighted by molar-refractivity contribution is -0.0399. The number of nitrogens with one attached hydrogen (secondary N) is 1. The molecule has 0 spiro atoms. The molecule has 1 fully saturated rings. The molecule has 1 amide bonds. The summed E-state index contributed by atoms with van der Waals surface area (Å²) in [6.07, 6.45) is 0.441. The van der Waals surface area contributed by atoms with Crippen molar-refractivity contribution < 1.29 is 26.7 Å². The molecule has 35 heavy (non-hydrogen) atoms. The standard InChI is InChI=1S/C24H20BrCl3F5NO/c1-23(30,31)16(13-9-18(26)21(28)19(27)10-13)11-20(29)12-2-3-15(17(25)8-12)22(35)34-14-4-6-24(32,33)7-5-14/h2-3,8-11,14,16H,4-7H2,1H3,(H,34,35)/b20-11-. The number of hydrogen-bond donors (Lipinski definition) is 1. The third kappa shape index (κ3) is 7.12. The fourth-order valence-electron chi connectivity index (χ4n) is 3.83. The predicted octanol–water partition coefficient (Wildman–Crippen LogP) is 9.47. The van der Waals surface area contributed by atoms with E-state index < -0.39 is 35.5 Å². The van der Waals surface area contributed by atoms with E-state index in [1.807, 2.05) is 0 Å². The summed E-state index contributed by atoms with van der Waals surface area (Å²) >= 11 is 21.0. The van der Waals surface area contributed by atoms with Gasteiger partial charge in [-0.15, -0.1) is 0 Å².